The summed E-state index contributed by atoms with van der Waals surface area (Å²) < 4.78 is 2.61. The van der Waals surface area contributed by atoms with Crippen molar-refractivity contribution < 1.29 is 0 Å². The first-order valence-electron chi connectivity index (χ1n) is 17.1. The van der Waals surface area contributed by atoms with Crippen LogP contribution in [0.2, 0.25) is 0 Å². The summed E-state index contributed by atoms with van der Waals surface area (Å²) in [7, 11) is 0. The Bertz CT molecular complexity index is 2900. The highest BCUT2D eigenvalue weighted by atomic mass is 32.1. The van der Waals surface area contributed by atoms with Gasteiger partial charge in [-0.3, -0.25) is 0 Å². The van der Waals surface area contributed by atoms with Gasteiger partial charge in [0.2, 0.25) is 0 Å². The monoisotopic (exact) mass is 667 g/mol. The molecule has 2 heterocycles. The zero-order chi connectivity index (χ0) is 33.7. The van der Waals surface area contributed by atoms with Gasteiger partial charge in [-0.15, -0.1) is 11.3 Å². The van der Waals surface area contributed by atoms with E-state index in [1.165, 1.54) is 47.5 Å². The standard InChI is InChI=1S/C47H29N3S/c1-4-14-30(15-5-1)33-20-12-21-35(28-33)46-48-45(32-18-8-3-9-19-32)49-47(50-46)41-29-34-26-27-40-39-25-13-24-36(31-16-6-2-7-17-31)43(39)51-44(40)42(34)38-23-11-10-22-37(38)41/h1-29H. The Balaban J connectivity index is 1.21. The predicted octanol–water partition coefficient (Wildman–Crippen LogP) is 12.9. The van der Waals surface area contributed by atoms with E-state index in [1.54, 1.807) is 0 Å². The maximum absolute atomic E-state index is 5.21. The van der Waals surface area contributed by atoms with E-state index in [9.17, 15) is 0 Å². The van der Waals surface area contributed by atoms with E-state index >= 15 is 0 Å². The van der Waals surface area contributed by atoms with Crippen molar-refractivity contribution in [2.75, 3.05) is 0 Å². The van der Waals surface area contributed by atoms with Crippen LogP contribution in [0, 0.1) is 0 Å². The molecule has 0 saturated carbocycles. The van der Waals surface area contributed by atoms with Gasteiger partial charge in [-0.2, -0.15) is 0 Å². The van der Waals surface area contributed by atoms with E-state index in [1.807, 2.05) is 35.6 Å². The van der Waals surface area contributed by atoms with Crippen molar-refractivity contribution in [2.24, 2.45) is 0 Å². The number of nitrogens with zero attached hydrogens (tertiary/aromatic N) is 3. The SMILES string of the molecule is c1ccc(-c2cccc(-c3nc(-c4ccccc4)nc(-c4cc5ccc6c7cccc(-c8ccccc8)c7sc6c5c5ccccc45)n3)c2)cc1. The van der Waals surface area contributed by atoms with Crippen LogP contribution in [0.3, 0.4) is 0 Å². The normalized spacial score (nSPS) is 11.5. The summed E-state index contributed by atoms with van der Waals surface area (Å²) >= 11 is 1.89. The van der Waals surface area contributed by atoms with Crippen molar-refractivity contribution in [1.29, 1.82) is 0 Å². The van der Waals surface area contributed by atoms with Gasteiger partial charge in [-0.1, -0.05) is 164 Å². The van der Waals surface area contributed by atoms with Gasteiger partial charge in [0.15, 0.2) is 17.5 Å². The third kappa shape index (κ3) is 5.08. The van der Waals surface area contributed by atoms with E-state index in [0.29, 0.717) is 17.5 Å². The zero-order valence-electron chi connectivity index (χ0n) is 27.5. The fraction of sp³-hybridized carbons (Fsp3) is 0. The van der Waals surface area contributed by atoms with E-state index in [0.717, 1.165) is 33.2 Å². The van der Waals surface area contributed by atoms with E-state index in [2.05, 4.69) is 152 Å². The minimum absolute atomic E-state index is 0.647. The van der Waals surface area contributed by atoms with Crippen molar-refractivity contribution in [3.05, 3.63) is 176 Å². The van der Waals surface area contributed by atoms with Crippen LogP contribution >= 0.6 is 11.3 Å². The quantitative estimate of drug-likeness (QED) is 0.171. The highest BCUT2D eigenvalue weighted by molar-refractivity contribution is 7.27. The summed E-state index contributed by atoms with van der Waals surface area (Å²) in [6.45, 7) is 0. The van der Waals surface area contributed by atoms with Crippen LogP contribution in [0.15, 0.2) is 176 Å². The lowest BCUT2D eigenvalue weighted by molar-refractivity contribution is 1.08. The molecule has 0 unspecified atom stereocenters. The first-order valence-corrected chi connectivity index (χ1v) is 17.9. The third-order valence-electron chi connectivity index (χ3n) is 9.71. The second-order valence-electron chi connectivity index (χ2n) is 12.8. The first kappa shape index (κ1) is 29.4. The number of rotatable bonds is 5. The number of benzene rings is 8. The van der Waals surface area contributed by atoms with Crippen LogP contribution in [-0.4, -0.2) is 15.0 Å². The van der Waals surface area contributed by atoms with E-state index < -0.39 is 0 Å². The molecular formula is C47H29N3S. The molecule has 0 aliphatic rings. The molecule has 0 bridgehead atoms. The van der Waals surface area contributed by atoms with Crippen LogP contribution < -0.4 is 0 Å². The zero-order valence-corrected chi connectivity index (χ0v) is 28.3. The third-order valence-corrected chi connectivity index (χ3v) is 11.0. The van der Waals surface area contributed by atoms with Crippen LogP contribution in [0.25, 0.3) is 98.1 Å². The predicted molar refractivity (Wildman–Crippen MR) is 215 cm³/mol. The molecule has 10 aromatic rings. The van der Waals surface area contributed by atoms with Crippen LogP contribution in [0.4, 0.5) is 0 Å². The van der Waals surface area contributed by atoms with E-state index in [4.69, 9.17) is 15.0 Å². The molecule has 238 valence electrons. The minimum Gasteiger partial charge on any atom is -0.208 e. The van der Waals surface area contributed by atoms with Crippen molar-refractivity contribution in [3.8, 4) is 56.4 Å². The van der Waals surface area contributed by atoms with Crippen molar-refractivity contribution in [1.82, 2.24) is 15.0 Å². The molecule has 10 rings (SSSR count). The average molecular weight is 668 g/mol. The number of aromatic nitrogens is 3. The fourth-order valence-corrected chi connectivity index (χ4v) is 8.69. The van der Waals surface area contributed by atoms with Gasteiger partial charge in [-0.05, 0) is 50.5 Å². The summed E-state index contributed by atoms with van der Waals surface area (Å²) in [6, 6.07) is 62.0. The van der Waals surface area contributed by atoms with Gasteiger partial charge in [0.1, 0.15) is 0 Å². The Hall–Kier alpha value is -6.49. The fourth-order valence-electron chi connectivity index (χ4n) is 7.28. The summed E-state index contributed by atoms with van der Waals surface area (Å²) in [5.41, 5.74) is 7.67. The first-order chi connectivity index (χ1) is 25.3. The molecule has 0 saturated heterocycles. The largest absolute Gasteiger partial charge is 0.208 e. The Morgan fingerprint density at radius 1 is 0.314 bits per heavy atom. The van der Waals surface area contributed by atoms with Gasteiger partial charge in [0.25, 0.3) is 0 Å². The lowest BCUT2D eigenvalue weighted by Crippen LogP contribution is -2.01. The lowest BCUT2D eigenvalue weighted by Gasteiger charge is -2.13. The molecule has 0 atom stereocenters. The Kier molecular flexibility index (Phi) is 7.00. The molecule has 0 aliphatic carbocycles. The van der Waals surface area contributed by atoms with Crippen molar-refractivity contribution in [2.45, 2.75) is 0 Å². The Morgan fingerprint density at radius 2 is 0.863 bits per heavy atom. The molecular weight excluding hydrogens is 639 g/mol. The molecule has 0 spiro atoms. The van der Waals surface area contributed by atoms with Crippen LogP contribution in [-0.2, 0) is 0 Å². The van der Waals surface area contributed by atoms with Gasteiger partial charge in [-0.25, -0.2) is 15.0 Å². The number of hydrogen-bond acceptors (Lipinski definition) is 4. The average Bonchev–Trinajstić information content (AvgIpc) is 3.60. The molecule has 0 N–H and O–H groups in total. The summed E-state index contributed by atoms with van der Waals surface area (Å²) in [5, 5.41) is 7.31. The van der Waals surface area contributed by atoms with E-state index in [-0.39, 0.29) is 0 Å². The Labute approximate surface area is 299 Å². The topological polar surface area (TPSA) is 38.7 Å². The molecule has 0 radical (unpaired) electrons. The number of hydrogen-bond donors (Lipinski definition) is 0. The summed E-state index contributed by atoms with van der Waals surface area (Å²) in [4.78, 5) is 15.4. The molecule has 8 aromatic carbocycles. The molecule has 51 heavy (non-hydrogen) atoms. The molecule has 2 aromatic heterocycles. The maximum Gasteiger partial charge on any atom is 0.164 e. The second-order valence-corrected chi connectivity index (χ2v) is 13.8. The number of fused-ring (bicyclic) bond motifs is 7. The Morgan fingerprint density at radius 3 is 1.63 bits per heavy atom. The minimum atomic E-state index is 0.647. The maximum atomic E-state index is 5.21. The van der Waals surface area contributed by atoms with Crippen LogP contribution in [0.5, 0.6) is 0 Å². The van der Waals surface area contributed by atoms with Gasteiger partial charge in [0, 0.05) is 42.2 Å². The molecule has 3 nitrogen and oxygen atoms in total. The van der Waals surface area contributed by atoms with Crippen molar-refractivity contribution in [3.63, 3.8) is 0 Å². The van der Waals surface area contributed by atoms with Gasteiger partial charge in [0.05, 0.1) is 0 Å². The lowest BCUT2D eigenvalue weighted by atomic mass is 9.95. The molecule has 0 amide bonds. The van der Waals surface area contributed by atoms with Crippen molar-refractivity contribution >= 4 is 53.1 Å². The smallest absolute Gasteiger partial charge is 0.164 e. The number of thiophene rings is 1. The molecule has 0 aliphatic heterocycles. The highest BCUT2D eigenvalue weighted by Crippen LogP contribution is 2.46. The molecule has 4 heteroatoms. The second kappa shape index (κ2) is 12.1. The highest BCUT2D eigenvalue weighted by Gasteiger charge is 2.19. The van der Waals surface area contributed by atoms with Gasteiger partial charge < -0.3 is 0 Å². The molecule has 0 fully saturated rings. The van der Waals surface area contributed by atoms with Gasteiger partial charge >= 0.3 is 0 Å². The van der Waals surface area contributed by atoms with Crippen LogP contribution in [0.1, 0.15) is 0 Å². The summed E-state index contributed by atoms with van der Waals surface area (Å²) in [6.07, 6.45) is 0. The summed E-state index contributed by atoms with van der Waals surface area (Å²) in [5.74, 6) is 1.96.